The van der Waals surface area contributed by atoms with Crippen LogP contribution in [0.1, 0.15) is 10.4 Å². The highest BCUT2D eigenvalue weighted by Gasteiger charge is 2.20. The normalized spacial score (nSPS) is 10.0. The third-order valence-electron chi connectivity index (χ3n) is 2.93. The summed E-state index contributed by atoms with van der Waals surface area (Å²) in [6.45, 7) is 0. The molecule has 0 fully saturated rings. The number of nitrogens with one attached hydrogen (secondary N) is 1. The summed E-state index contributed by atoms with van der Waals surface area (Å²) in [4.78, 5) is 16.3. The maximum atomic E-state index is 12.4. The summed E-state index contributed by atoms with van der Waals surface area (Å²) in [5.74, 6) is 0.763. The molecule has 1 aromatic carbocycles. The summed E-state index contributed by atoms with van der Waals surface area (Å²) >= 11 is 5.71. The van der Waals surface area contributed by atoms with E-state index in [0.717, 1.165) is 0 Å². The number of carbonyl (C=O) groups excluding carboxylic acids is 1. The van der Waals surface area contributed by atoms with Gasteiger partial charge >= 0.3 is 0 Å². The van der Waals surface area contributed by atoms with Crippen LogP contribution in [0.15, 0.2) is 30.5 Å². The summed E-state index contributed by atoms with van der Waals surface area (Å²) < 4.78 is 15.7. The number of rotatable bonds is 5. The van der Waals surface area contributed by atoms with E-state index >= 15 is 0 Å². The molecule has 0 aliphatic heterocycles. The third-order valence-corrected chi connectivity index (χ3v) is 3.16. The van der Waals surface area contributed by atoms with Gasteiger partial charge in [0, 0.05) is 0 Å². The van der Waals surface area contributed by atoms with Gasteiger partial charge < -0.3 is 19.5 Å². The smallest absolute Gasteiger partial charge is 0.259 e. The lowest BCUT2D eigenvalue weighted by molar-refractivity contribution is 0.102. The molecule has 2 rings (SSSR count). The van der Waals surface area contributed by atoms with Crippen molar-refractivity contribution < 1.29 is 19.0 Å². The molecule has 6 nitrogen and oxygen atoms in total. The van der Waals surface area contributed by atoms with Gasteiger partial charge in [0.05, 0.1) is 38.8 Å². The fraction of sp³-hybridized carbons (Fsp3) is 0.200. The van der Waals surface area contributed by atoms with Crippen LogP contribution in [0.2, 0.25) is 5.15 Å². The molecule has 0 aliphatic rings. The van der Waals surface area contributed by atoms with Gasteiger partial charge in [-0.3, -0.25) is 4.79 Å². The van der Waals surface area contributed by atoms with Crippen LogP contribution >= 0.6 is 11.6 Å². The van der Waals surface area contributed by atoms with Crippen molar-refractivity contribution in [3.05, 3.63) is 41.2 Å². The summed E-state index contributed by atoms with van der Waals surface area (Å²) in [5, 5.41) is 3.06. The number of benzene rings is 1. The van der Waals surface area contributed by atoms with Crippen molar-refractivity contribution >= 4 is 23.2 Å². The second-order valence-electron chi connectivity index (χ2n) is 4.21. The van der Waals surface area contributed by atoms with Crippen LogP contribution in [0.3, 0.4) is 0 Å². The Bertz CT molecular complexity index is 674. The van der Waals surface area contributed by atoms with Crippen LogP contribution in [0, 0.1) is 0 Å². The van der Waals surface area contributed by atoms with E-state index in [-0.39, 0.29) is 5.91 Å². The number of amides is 1. The van der Waals surface area contributed by atoms with Crippen molar-refractivity contribution in [2.75, 3.05) is 26.6 Å². The number of hydrogen-bond donors (Lipinski definition) is 1. The van der Waals surface area contributed by atoms with E-state index in [4.69, 9.17) is 25.8 Å². The molecule has 2 aromatic rings. The number of carbonyl (C=O) groups is 1. The van der Waals surface area contributed by atoms with Gasteiger partial charge in [0.25, 0.3) is 5.91 Å². The predicted octanol–water partition coefficient (Wildman–Crippen LogP) is 3.01. The van der Waals surface area contributed by atoms with Crippen molar-refractivity contribution in [1.82, 2.24) is 4.98 Å². The molecule has 0 atom stereocenters. The van der Waals surface area contributed by atoms with Gasteiger partial charge in [-0.2, -0.15) is 0 Å². The number of anilines is 1. The molecular formula is C15H15ClN2O4. The van der Waals surface area contributed by atoms with Gasteiger partial charge in [-0.05, 0) is 24.3 Å². The molecule has 1 aromatic heterocycles. The molecule has 1 amide bonds. The Labute approximate surface area is 133 Å². The summed E-state index contributed by atoms with van der Waals surface area (Å²) in [6.07, 6.45) is 1.47. The monoisotopic (exact) mass is 322 g/mol. The third kappa shape index (κ3) is 3.23. The van der Waals surface area contributed by atoms with Gasteiger partial charge in [-0.15, -0.1) is 0 Å². The quantitative estimate of drug-likeness (QED) is 0.857. The average Bonchev–Trinajstić information content (AvgIpc) is 2.55. The minimum Gasteiger partial charge on any atom is -0.493 e. The molecule has 116 valence electrons. The van der Waals surface area contributed by atoms with Crippen molar-refractivity contribution in [2.45, 2.75) is 0 Å². The number of ether oxygens (including phenoxy) is 3. The number of pyridine rings is 1. The lowest BCUT2D eigenvalue weighted by Gasteiger charge is -2.15. The Kier molecular flexibility index (Phi) is 5.06. The molecule has 0 bridgehead atoms. The van der Waals surface area contributed by atoms with E-state index < -0.39 is 0 Å². The van der Waals surface area contributed by atoms with E-state index in [9.17, 15) is 4.79 Å². The minimum absolute atomic E-state index is 0.293. The Morgan fingerprint density at radius 3 is 2.32 bits per heavy atom. The Morgan fingerprint density at radius 1 is 1.05 bits per heavy atom. The Balaban J connectivity index is 2.34. The van der Waals surface area contributed by atoms with Crippen molar-refractivity contribution in [1.29, 1.82) is 0 Å². The van der Waals surface area contributed by atoms with Crippen LogP contribution in [0.5, 0.6) is 17.2 Å². The Morgan fingerprint density at radius 2 is 1.77 bits per heavy atom. The second kappa shape index (κ2) is 7.00. The van der Waals surface area contributed by atoms with Crippen molar-refractivity contribution in [2.24, 2.45) is 0 Å². The maximum absolute atomic E-state index is 12.4. The highest BCUT2D eigenvalue weighted by Crippen LogP contribution is 2.39. The fourth-order valence-electron chi connectivity index (χ4n) is 1.93. The highest BCUT2D eigenvalue weighted by atomic mass is 35.5. The summed E-state index contributed by atoms with van der Waals surface area (Å²) in [7, 11) is 4.44. The Hall–Kier alpha value is -2.47. The number of aromatic nitrogens is 1. The van der Waals surface area contributed by atoms with Gasteiger partial charge in [0.1, 0.15) is 5.15 Å². The zero-order valence-corrected chi connectivity index (χ0v) is 13.1. The van der Waals surface area contributed by atoms with E-state index in [0.29, 0.717) is 33.7 Å². The van der Waals surface area contributed by atoms with E-state index in [2.05, 4.69) is 10.3 Å². The van der Waals surface area contributed by atoms with E-state index in [1.54, 1.807) is 24.3 Å². The number of halogens is 1. The van der Waals surface area contributed by atoms with E-state index in [1.807, 2.05) is 0 Å². The maximum Gasteiger partial charge on any atom is 0.259 e. The second-order valence-corrected chi connectivity index (χ2v) is 4.59. The first-order chi connectivity index (χ1) is 10.6. The summed E-state index contributed by atoms with van der Waals surface area (Å²) in [5.41, 5.74) is 0.835. The molecule has 0 saturated carbocycles. The first-order valence-corrected chi connectivity index (χ1v) is 6.70. The van der Waals surface area contributed by atoms with Crippen LogP contribution in [0.4, 0.5) is 5.69 Å². The van der Waals surface area contributed by atoms with Gasteiger partial charge in [-0.25, -0.2) is 4.98 Å². The highest BCUT2D eigenvalue weighted by molar-refractivity contribution is 6.29. The zero-order valence-electron chi connectivity index (χ0n) is 12.3. The van der Waals surface area contributed by atoms with Gasteiger partial charge in [0.2, 0.25) is 5.75 Å². The topological polar surface area (TPSA) is 69.7 Å². The van der Waals surface area contributed by atoms with E-state index in [1.165, 1.54) is 27.5 Å². The zero-order chi connectivity index (χ0) is 16.1. The first kappa shape index (κ1) is 15.9. The molecule has 1 heterocycles. The molecular weight excluding hydrogens is 308 g/mol. The van der Waals surface area contributed by atoms with Gasteiger partial charge in [0.15, 0.2) is 11.5 Å². The molecule has 22 heavy (non-hydrogen) atoms. The molecule has 0 saturated heterocycles. The van der Waals surface area contributed by atoms with Crippen LogP contribution < -0.4 is 19.5 Å². The standard InChI is InChI=1S/C15H15ClN2O4/c1-20-11-6-5-10(13(21-2)14(11)22-3)15(19)18-9-4-7-12(16)17-8-9/h4-8H,1-3H3,(H,18,19). The average molecular weight is 323 g/mol. The number of hydrogen-bond acceptors (Lipinski definition) is 5. The molecule has 0 radical (unpaired) electrons. The fourth-order valence-corrected chi connectivity index (χ4v) is 2.04. The predicted molar refractivity (Wildman–Crippen MR) is 83.3 cm³/mol. The molecule has 0 spiro atoms. The largest absolute Gasteiger partial charge is 0.493 e. The van der Waals surface area contributed by atoms with Gasteiger partial charge in [-0.1, -0.05) is 11.6 Å². The summed E-state index contributed by atoms with van der Waals surface area (Å²) in [6, 6.07) is 6.47. The SMILES string of the molecule is COc1ccc(C(=O)Nc2ccc(Cl)nc2)c(OC)c1OC. The van der Waals surface area contributed by atoms with Crippen LogP contribution in [-0.2, 0) is 0 Å². The first-order valence-electron chi connectivity index (χ1n) is 6.32. The minimum atomic E-state index is -0.359. The van der Waals surface area contributed by atoms with Crippen LogP contribution in [0.25, 0.3) is 0 Å². The van der Waals surface area contributed by atoms with Crippen LogP contribution in [-0.4, -0.2) is 32.2 Å². The number of nitrogens with zero attached hydrogens (tertiary/aromatic N) is 1. The molecule has 0 unspecified atom stereocenters. The van der Waals surface area contributed by atoms with Crippen molar-refractivity contribution in [3.8, 4) is 17.2 Å². The lowest BCUT2D eigenvalue weighted by atomic mass is 10.1. The van der Waals surface area contributed by atoms with Crippen molar-refractivity contribution in [3.63, 3.8) is 0 Å². The number of methoxy groups -OCH3 is 3. The molecule has 1 N–H and O–H groups in total. The molecule has 0 aliphatic carbocycles. The lowest BCUT2D eigenvalue weighted by Crippen LogP contribution is -2.14. The molecule has 7 heteroatoms.